The first-order valence-corrected chi connectivity index (χ1v) is 13.5. The van der Waals surface area contributed by atoms with Gasteiger partial charge in [0.25, 0.3) is 0 Å². The van der Waals surface area contributed by atoms with E-state index in [0.717, 1.165) is 36.1 Å². The molecule has 0 radical (unpaired) electrons. The monoisotopic (exact) mass is 535 g/mol. The fourth-order valence-electron chi connectivity index (χ4n) is 6.55. The highest BCUT2D eigenvalue weighted by Crippen LogP contribution is 2.58. The lowest BCUT2D eigenvalue weighted by atomic mass is 9.56. The van der Waals surface area contributed by atoms with Crippen LogP contribution in [0.15, 0.2) is 59.7 Å². The molecule has 2 saturated heterocycles. The fourth-order valence-corrected chi connectivity index (χ4v) is 6.98. The molecule has 3 aliphatic heterocycles. The molecular formula is C28H28BCl2N3O3. The van der Waals surface area contributed by atoms with E-state index in [9.17, 15) is 9.59 Å². The topological polar surface area (TPSA) is 79.5 Å². The predicted octanol–water partition coefficient (Wildman–Crippen LogP) is 3.11. The Bertz CT molecular complexity index is 1340. The number of benzene rings is 2. The van der Waals surface area contributed by atoms with E-state index in [0.29, 0.717) is 27.9 Å². The summed E-state index contributed by atoms with van der Waals surface area (Å²) in [5, 5.41) is 10.9. The van der Waals surface area contributed by atoms with Gasteiger partial charge in [-0.25, -0.2) is 0 Å². The molecule has 2 amide bonds. The van der Waals surface area contributed by atoms with Gasteiger partial charge in [0.05, 0.1) is 6.04 Å². The number of hydrogen-bond acceptors (Lipinski definition) is 4. The number of ether oxygens (including phenoxy) is 1. The van der Waals surface area contributed by atoms with Crippen LogP contribution in [0.25, 0.3) is 0 Å². The molecule has 5 atom stereocenters. The van der Waals surface area contributed by atoms with Gasteiger partial charge in [-0.2, -0.15) is 0 Å². The van der Waals surface area contributed by atoms with E-state index in [1.165, 1.54) is 0 Å². The number of amides is 2. The first-order valence-electron chi connectivity index (χ1n) is 12.8. The zero-order valence-electron chi connectivity index (χ0n) is 20.5. The minimum Gasteiger partial charge on any atom is -0.489 e. The zero-order valence-corrected chi connectivity index (χ0v) is 22.0. The van der Waals surface area contributed by atoms with Crippen LogP contribution in [0.3, 0.4) is 0 Å². The first kappa shape index (κ1) is 24.6. The van der Waals surface area contributed by atoms with E-state index in [1.807, 2.05) is 50.3 Å². The molecule has 0 saturated carbocycles. The van der Waals surface area contributed by atoms with Crippen LogP contribution >= 0.6 is 23.2 Å². The average molecular weight is 536 g/mol. The Morgan fingerprint density at radius 1 is 1.08 bits per heavy atom. The second-order valence-corrected chi connectivity index (χ2v) is 11.4. The molecule has 3 N–H and O–H groups in total. The Balaban J connectivity index is 1.56. The van der Waals surface area contributed by atoms with Crippen LogP contribution in [0.1, 0.15) is 36.4 Å². The predicted molar refractivity (Wildman–Crippen MR) is 148 cm³/mol. The first-order chi connectivity index (χ1) is 17.9. The van der Waals surface area contributed by atoms with Crippen LogP contribution < -0.4 is 26.2 Å². The van der Waals surface area contributed by atoms with Crippen molar-refractivity contribution in [2.45, 2.75) is 36.8 Å². The number of fused-ring (bicyclic) bond motifs is 2. The molecule has 0 bridgehead atoms. The summed E-state index contributed by atoms with van der Waals surface area (Å²) in [5.74, 6) is 0.0382. The van der Waals surface area contributed by atoms with Gasteiger partial charge in [0.1, 0.15) is 25.1 Å². The summed E-state index contributed by atoms with van der Waals surface area (Å²) in [4.78, 5) is 27.6. The van der Waals surface area contributed by atoms with Gasteiger partial charge in [-0.15, -0.1) is 0 Å². The number of piperidine rings is 1. The number of nitrogens with one attached hydrogen (secondary N) is 3. The second kappa shape index (κ2) is 9.53. The quantitative estimate of drug-likeness (QED) is 0.526. The molecule has 1 aliphatic carbocycles. The normalized spacial score (nSPS) is 30.6. The van der Waals surface area contributed by atoms with Crippen LogP contribution in [0.2, 0.25) is 5.02 Å². The Morgan fingerprint density at radius 2 is 1.95 bits per heavy atom. The molecule has 4 aliphatic rings. The Morgan fingerprint density at radius 3 is 2.73 bits per heavy atom. The van der Waals surface area contributed by atoms with Crippen LogP contribution in [0.4, 0.5) is 5.69 Å². The van der Waals surface area contributed by atoms with E-state index in [4.69, 9.17) is 27.9 Å². The molecular weight excluding hydrogens is 508 g/mol. The highest BCUT2D eigenvalue weighted by Gasteiger charge is 2.62. The Kier molecular flexibility index (Phi) is 6.34. The maximum Gasteiger partial charge on any atom is 0.237 e. The van der Waals surface area contributed by atoms with Crippen molar-refractivity contribution in [3.05, 3.63) is 75.8 Å². The molecule has 3 heterocycles. The minimum atomic E-state index is -1.07. The third kappa shape index (κ3) is 4.17. The van der Waals surface area contributed by atoms with E-state index in [2.05, 4.69) is 22.0 Å². The largest absolute Gasteiger partial charge is 0.489 e. The molecule has 6 nitrogen and oxygen atoms in total. The van der Waals surface area contributed by atoms with E-state index >= 15 is 0 Å². The maximum atomic E-state index is 14.3. The van der Waals surface area contributed by atoms with E-state index < -0.39 is 11.5 Å². The van der Waals surface area contributed by atoms with Crippen molar-refractivity contribution < 1.29 is 14.3 Å². The van der Waals surface area contributed by atoms with Gasteiger partial charge >= 0.3 is 0 Å². The molecule has 2 aromatic rings. The van der Waals surface area contributed by atoms with Crippen molar-refractivity contribution >= 4 is 54.0 Å². The molecule has 2 aromatic carbocycles. The van der Waals surface area contributed by atoms with Gasteiger partial charge in [0.2, 0.25) is 11.8 Å². The highest BCUT2D eigenvalue weighted by atomic mass is 35.5. The molecule has 1 spiro atoms. The lowest BCUT2D eigenvalue weighted by Gasteiger charge is -2.49. The standard InChI is InChI=1S/C28H28BCl2N3O3/c29-16-4-7-24(37-19-8-9-32-14-19)20(11-16)26-28(21-6-5-18(31)12-23(21)33-27(28)36)22(13-25(35)34-26)15-2-1-3-17(30)10-15/h1-7,11-12,15,19,22,26,32H,8-10,13-14,29H2,(H,33,36)(H,34,35)/t15-,19?,22?,26-,28+/m1/s1. The SMILES string of the molecule is Bc1ccc(OC2CCNC2)c([C@H]2NC(=O)CC([C@@H]3C=CC=C(Cl)C3)[C@]23C(=O)Nc2cc(Cl)ccc23)c1. The summed E-state index contributed by atoms with van der Waals surface area (Å²) in [7, 11) is 2.01. The number of allylic oxidation sites excluding steroid dienone is 4. The smallest absolute Gasteiger partial charge is 0.237 e. The van der Waals surface area contributed by atoms with Crippen molar-refractivity contribution in [3.8, 4) is 5.75 Å². The molecule has 190 valence electrons. The number of anilines is 1. The van der Waals surface area contributed by atoms with Crippen molar-refractivity contribution in [2.24, 2.45) is 11.8 Å². The third-order valence-electron chi connectivity index (χ3n) is 8.17. The van der Waals surface area contributed by atoms with Crippen molar-refractivity contribution in [1.29, 1.82) is 0 Å². The van der Waals surface area contributed by atoms with Crippen LogP contribution in [-0.4, -0.2) is 38.9 Å². The molecule has 2 fully saturated rings. The lowest BCUT2D eigenvalue weighted by Crippen LogP contribution is -2.59. The highest BCUT2D eigenvalue weighted by molar-refractivity contribution is 6.32. The van der Waals surface area contributed by atoms with Crippen molar-refractivity contribution in [3.63, 3.8) is 0 Å². The summed E-state index contributed by atoms with van der Waals surface area (Å²) in [6, 6.07) is 10.9. The molecule has 6 rings (SSSR count). The van der Waals surface area contributed by atoms with Gasteiger partial charge in [0, 0.05) is 34.3 Å². The van der Waals surface area contributed by atoms with Crippen molar-refractivity contribution in [1.82, 2.24) is 10.6 Å². The summed E-state index contributed by atoms with van der Waals surface area (Å²) >= 11 is 12.8. The summed E-state index contributed by atoms with van der Waals surface area (Å²) < 4.78 is 6.48. The molecule has 0 aromatic heterocycles. The Labute approximate surface area is 227 Å². The molecule has 37 heavy (non-hydrogen) atoms. The van der Waals surface area contributed by atoms with Gasteiger partial charge < -0.3 is 20.7 Å². The third-order valence-corrected chi connectivity index (χ3v) is 8.69. The van der Waals surface area contributed by atoms with Gasteiger partial charge in [0.15, 0.2) is 0 Å². The maximum absolute atomic E-state index is 14.3. The van der Waals surface area contributed by atoms with Crippen molar-refractivity contribution in [2.75, 3.05) is 18.4 Å². The zero-order chi connectivity index (χ0) is 25.7. The summed E-state index contributed by atoms with van der Waals surface area (Å²) in [6.45, 7) is 1.66. The average Bonchev–Trinajstić information content (AvgIpc) is 3.47. The molecule has 9 heteroatoms. The summed E-state index contributed by atoms with van der Waals surface area (Å²) in [5.41, 5.74) is 2.28. The number of carbonyl (C=O) groups excluding carboxylic acids is 2. The Hall–Kier alpha value is -2.74. The number of halogens is 2. The second-order valence-electron chi connectivity index (χ2n) is 10.5. The van der Waals surface area contributed by atoms with Crippen LogP contribution in [0.5, 0.6) is 5.75 Å². The van der Waals surface area contributed by atoms with E-state index in [-0.39, 0.29) is 36.2 Å². The molecule has 2 unspecified atom stereocenters. The minimum absolute atomic E-state index is 0.0289. The van der Waals surface area contributed by atoms with Gasteiger partial charge in [-0.05, 0) is 61.1 Å². The lowest BCUT2D eigenvalue weighted by molar-refractivity contribution is -0.135. The van der Waals surface area contributed by atoms with Crippen LogP contribution in [-0.2, 0) is 15.0 Å². The fraction of sp³-hybridized carbons (Fsp3) is 0.357. The number of hydrogen-bond donors (Lipinski definition) is 3. The van der Waals surface area contributed by atoms with Gasteiger partial charge in [-0.3, -0.25) is 9.59 Å². The van der Waals surface area contributed by atoms with Gasteiger partial charge in [-0.1, -0.05) is 59.0 Å². The number of rotatable bonds is 4. The number of carbonyl (C=O) groups is 2. The van der Waals surface area contributed by atoms with Crippen LogP contribution in [0, 0.1) is 11.8 Å². The summed E-state index contributed by atoms with van der Waals surface area (Å²) in [6.07, 6.45) is 7.59. The van der Waals surface area contributed by atoms with E-state index in [1.54, 1.807) is 6.07 Å².